The normalized spacial score (nSPS) is 21.1. The van der Waals surface area contributed by atoms with Crippen LogP contribution in [0.15, 0.2) is 18.5 Å². The molecule has 12 heteroatoms. The minimum absolute atomic E-state index is 0.0424. The second-order valence-corrected chi connectivity index (χ2v) is 6.48. The SMILES string of the molecule is CN(C)C(=O)CN1C(=O)C[C@H]2[C@@H]1CCN2c1ncccn1.O=C(O)C(F)(F)F. The van der Waals surface area contributed by atoms with Crippen LogP contribution < -0.4 is 4.90 Å². The fraction of sp³-hybridized carbons (Fsp3) is 0.562. The van der Waals surface area contributed by atoms with Crippen LogP contribution in [0, 0.1) is 0 Å². The predicted octanol–water partition coefficient (Wildman–Crippen LogP) is 0.378. The van der Waals surface area contributed by atoms with Crippen molar-refractivity contribution in [3.8, 4) is 0 Å². The number of alkyl halides is 3. The predicted molar refractivity (Wildman–Crippen MR) is 90.3 cm³/mol. The van der Waals surface area contributed by atoms with Gasteiger partial charge in [0.05, 0.1) is 12.1 Å². The summed E-state index contributed by atoms with van der Waals surface area (Å²) in [5.41, 5.74) is 0. The Bertz CT molecular complexity index is 729. The summed E-state index contributed by atoms with van der Waals surface area (Å²) in [7, 11) is 3.41. The van der Waals surface area contributed by atoms with Crippen LogP contribution >= 0.6 is 0 Å². The maximum Gasteiger partial charge on any atom is 0.490 e. The number of carboxylic acid groups (broad SMARTS) is 1. The molecule has 0 saturated carbocycles. The van der Waals surface area contributed by atoms with E-state index in [2.05, 4.69) is 14.9 Å². The number of carbonyl (C=O) groups excluding carboxylic acids is 2. The number of fused-ring (bicyclic) bond motifs is 1. The van der Waals surface area contributed by atoms with Crippen molar-refractivity contribution in [1.29, 1.82) is 0 Å². The molecule has 1 aromatic heterocycles. The van der Waals surface area contributed by atoms with Gasteiger partial charge in [-0.25, -0.2) is 14.8 Å². The van der Waals surface area contributed by atoms with Crippen LogP contribution in [-0.2, 0) is 14.4 Å². The molecule has 1 N–H and O–H groups in total. The largest absolute Gasteiger partial charge is 0.490 e. The lowest BCUT2D eigenvalue weighted by Crippen LogP contribution is -2.43. The fourth-order valence-electron chi connectivity index (χ4n) is 3.11. The Morgan fingerprint density at radius 2 is 1.82 bits per heavy atom. The summed E-state index contributed by atoms with van der Waals surface area (Å²) in [4.78, 5) is 46.9. The molecule has 0 unspecified atom stereocenters. The Morgan fingerprint density at radius 1 is 1.25 bits per heavy atom. The fourth-order valence-corrected chi connectivity index (χ4v) is 3.11. The molecular weight excluding hydrogens is 383 g/mol. The van der Waals surface area contributed by atoms with Crippen LogP contribution in [0.2, 0.25) is 0 Å². The van der Waals surface area contributed by atoms with E-state index in [0.717, 1.165) is 13.0 Å². The first-order valence-electron chi connectivity index (χ1n) is 8.35. The van der Waals surface area contributed by atoms with Crippen LogP contribution in [0.3, 0.4) is 0 Å². The second-order valence-electron chi connectivity index (χ2n) is 6.48. The molecule has 0 spiro atoms. The van der Waals surface area contributed by atoms with Gasteiger partial charge in [0.1, 0.15) is 6.54 Å². The first-order valence-corrected chi connectivity index (χ1v) is 8.35. The van der Waals surface area contributed by atoms with Crippen molar-refractivity contribution in [3.63, 3.8) is 0 Å². The molecule has 2 atom stereocenters. The number of amides is 2. The zero-order valence-electron chi connectivity index (χ0n) is 15.3. The molecule has 1 aromatic rings. The summed E-state index contributed by atoms with van der Waals surface area (Å²) in [5.74, 6) is -2.09. The lowest BCUT2D eigenvalue weighted by atomic mass is 10.1. The molecule has 28 heavy (non-hydrogen) atoms. The number of aliphatic carboxylic acids is 1. The summed E-state index contributed by atoms with van der Waals surface area (Å²) >= 11 is 0. The number of likely N-dealkylation sites (tertiary alicyclic amines) is 1. The molecule has 2 amide bonds. The highest BCUT2D eigenvalue weighted by molar-refractivity contribution is 5.87. The lowest BCUT2D eigenvalue weighted by molar-refractivity contribution is -0.192. The average molecular weight is 403 g/mol. The molecule has 9 nitrogen and oxygen atoms in total. The topological polar surface area (TPSA) is 107 Å². The minimum atomic E-state index is -5.08. The molecule has 0 radical (unpaired) electrons. The molecule has 0 aromatic carbocycles. The standard InChI is InChI=1S/C14H19N5O2.C2HF3O2/c1-17(2)13(21)9-19-10-4-7-18(11(10)8-12(19)20)14-15-5-3-6-16-14;3-2(4,5)1(6)7/h3,5-6,10-11H,4,7-9H2,1-2H3;(H,6,7)/t10-,11-;/m0./s1. The number of rotatable bonds is 3. The number of aromatic nitrogens is 2. The highest BCUT2D eigenvalue weighted by Gasteiger charge is 2.48. The van der Waals surface area contributed by atoms with Gasteiger partial charge < -0.3 is 19.8 Å². The van der Waals surface area contributed by atoms with Crippen LogP contribution in [0.25, 0.3) is 0 Å². The van der Waals surface area contributed by atoms with Gasteiger partial charge in [0.15, 0.2) is 0 Å². The highest BCUT2D eigenvalue weighted by Crippen LogP contribution is 2.34. The Labute approximate surface area is 158 Å². The van der Waals surface area contributed by atoms with Crippen molar-refractivity contribution in [2.75, 3.05) is 32.1 Å². The number of halogens is 3. The van der Waals surface area contributed by atoms with Gasteiger partial charge in [-0.2, -0.15) is 13.2 Å². The van der Waals surface area contributed by atoms with E-state index >= 15 is 0 Å². The molecule has 154 valence electrons. The third kappa shape index (κ3) is 4.87. The van der Waals surface area contributed by atoms with E-state index < -0.39 is 12.1 Å². The molecule has 3 rings (SSSR count). The van der Waals surface area contributed by atoms with Crippen LogP contribution in [0.1, 0.15) is 12.8 Å². The highest BCUT2D eigenvalue weighted by atomic mass is 19.4. The summed E-state index contributed by atoms with van der Waals surface area (Å²) < 4.78 is 31.7. The third-order valence-corrected chi connectivity index (χ3v) is 4.47. The molecule has 2 aliphatic rings. The number of likely N-dealkylation sites (N-methyl/N-ethyl adjacent to an activating group) is 1. The van der Waals surface area contributed by atoms with Crippen LogP contribution in [0.4, 0.5) is 19.1 Å². The van der Waals surface area contributed by atoms with Gasteiger partial charge in [0.25, 0.3) is 0 Å². The number of carbonyl (C=O) groups is 3. The Balaban J connectivity index is 0.000000345. The van der Waals surface area contributed by atoms with E-state index in [0.29, 0.717) is 12.4 Å². The van der Waals surface area contributed by atoms with Crippen molar-refractivity contribution in [2.45, 2.75) is 31.1 Å². The van der Waals surface area contributed by atoms with E-state index in [-0.39, 0.29) is 30.4 Å². The average Bonchev–Trinajstić information content (AvgIpc) is 3.15. The lowest BCUT2D eigenvalue weighted by Gasteiger charge is -2.25. The molecule has 0 bridgehead atoms. The maximum atomic E-state index is 12.2. The zero-order chi connectivity index (χ0) is 21.1. The summed E-state index contributed by atoms with van der Waals surface area (Å²) in [6.45, 7) is 0.982. The van der Waals surface area contributed by atoms with Gasteiger partial charge in [-0.3, -0.25) is 9.59 Å². The Hall–Kier alpha value is -2.92. The molecule has 2 aliphatic heterocycles. The van der Waals surface area contributed by atoms with Gasteiger partial charge in [0, 0.05) is 39.5 Å². The number of carboxylic acids is 1. The first kappa shape index (κ1) is 21.4. The van der Waals surface area contributed by atoms with E-state index in [4.69, 9.17) is 9.90 Å². The van der Waals surface area contributed by atoms with Gasteiger partial charge in [-0.15, -0.1) is 0 Å². The van der Waals surface area contributed by atoms with E-state index in [1.807, 2.05) is 0 Å². The summed E-state index contributed by atoms with van der Waals surface area (Å²) in [6.07, 6.45) is -0.376. The van der Waals surface area contributed by atoms with E-state index in [1.54, 1.807) is 37.5 Å². The third-order valence-electron chi connectivity index (χ3n) is 4.47. The Kier molecular flexibility index (Phi) is 6.41. The van der Waals surface area contributed by atoms with Gasteiger partial charge in [-0.1, -0.05) is 0 Å². The number of nitrogens with zero attached hydrogens (tertiary/aromatic N) is 5. The van der Waals surface area contributed by atoms with Gasteiger partial charge in [-0.05, 0) is 12.5 Å². The molecule has 3 heterocycles. The van der Waals surface area contributed by atoms with Crippen molar-refractivity contribution >= 4 is 23.7 Å². The molecule has 0 aliphatic carbocycles. The van der Waals surface area contributed by atoms with Gasteiger partial charge in [0.2, 0.25) is 17.8 Å². The molecule has 2 saturated heterocycles. The van der Waals surface area contributed by atoms with E-state index in [1.165, 1.54) is 4.90 Å². The quantitative estimate of drug-likeness (QED) is 0.777. The van der Waals surface area contributed by atoms with Gasteiger partial charge >= 0.3 is 12.1 Å². The Morgan fingerprint density at radius 3 is 2.32 bits per heavy atom. The zero-order valence-corrected chi connectivity index (χ0v) is 15.3. The van der Waals surface area contributed by atoms with E-state index in [9.17, 15) is 22.8 Å². The van der Waals surface area contributed by atoms with Crippen molar-refractivity contribution in [1.82, 2.24) is 19.8 Å². The molecule has 2 fully saturated rings. The minimum Gasteiger partial charge on any atom is -0.475 e. The molecular formula is C16H20F3N5O4. The van der Waals surface area contributed by atoms with Crippen molar-refractivity contribution < 1.29 is 32.7 Å². The van der Waals surface area contributed by atoms with Crippen molar-refractivity contribution in [2.24, 2.45) is 0 Å². The van der Waals surface area contributed by atoms with Crippen LogP contribution in [-0.4, -0.2) is 88.1 Å². The number of hydrogen-bond donors (Lipinski definition) is 1. The second kappa shape index (κ2) is 8.40. The number of hydrogen-bond acceptors (Lipinski definition) is 6. The summed E-state index contributed by atoms with van der Waals surface area (Å²) in [5, 5.41) is 7.12. The van der Waals surface area contributed by atoms with Crippen LogP contribution in [0.5, 0.6) is 0 Å². The van der Waals surface area contributed by atoms with Crippen molar-refractivity contribution in [3.05, 3.63) is 18.5 Å². The first-order chi connectivity index (χ1) is 13.0. The monoisotopic (exact) mass is 403 g/mol. The summed E-state index contributed by atoms with van der Waals surface area (Å²) in [6, 6.07) is 1.94. The smallest absolute Gasteiger partial charge is 0.475 e. The maximum absolute atomic E-state index is 12.2. The number of anilines is 1.